The van der Waals surface area contributed by atoms with E-state index in [0.29, 0.717) is 29.7 Å². The molecule has 2 aromatic carbocycles. The van der Waals surface area contributed by atoms with Gasteiger partial charge in [0.05, 0.1) is 23.6 Å². The lowest BCUT2D eigenvalue weighted by molar-refractivity contribution is 0.0725. The van der Waals surface area contributed by atoms with Crippen LogP contribution >= 0.6 is 0 Å². The highest BCUT2D eigenvalue weighted by Gasteiger charge is 2.42. The van der Waals surface area contributed by atoms with Crippen molar-refractivity contribution >= 4 is 16.9 Å². The second-order valence-corrected chi connectivity index (χ2v) is 6.93. The molecule has 144 valence electrons. The Labute approximate surface area is 163 Å². The minimum atomic E-state index is -0.463. The Balaban J connectivity index is 1.93. The molecule has 0 saturated carbocycles. The number of hydrogen-bond acceptors (Lipinski definition) is 4. The number of rotatable bonds is 6. The second kappa shape index (κ2) is 7.50. The molecule has 5 nitrogen and oxygen atoms in total. The van der Waals surface area contributed by atoms with Crippen LogP contribution in [0.1, 0.15) is 54.4 Å². The molecule has 1 aliphatic heterocycles. The first kappa shape index (κ1) is 18.3. The molecule has 4 rings (SSSR count). The van der Waals surface area contributed by atoms with Crippen molar-refractivity contribution in [2.75, 3.05) is 13.2 Å². The molecule has 2 heterocycles. The number of nitrogens with zero attached hydrogens (tertiary/aromatic N) is 1. The van der Waals surface area contributed by atoms with Gasteiger partial charge in [0.2, 0.25) is 5.76 Å². The number of para-hydroxylation sites is 1. The molecule has 0 spiro atoms. The van der Waals surface area contributed by atoms with Crippen molar-refractivity contribution in [3.8, 4) is 5.75 Å². The average Bonchev–Trinajstić information content (AvgIpc) is 2.99. The van der Waals surface area contributed by atoms with Crippen molar-refractivity contribution in [2.24, 2.45) is 0 Å². The first-order chi connectivity index (χ1) is 13.7. The van der Waals surface area contributed by atoms with Gasteiger partial charge in [0.1, 0.15) is 11.3 Å². The Bertz CT molecular complexity index is 1090. The standard InChI is InChI=1S/C23H23NO4/c1-3-5-13-24-20(15-9-8-10-16(14-15)27-4-2)19-21(25)17-11-6-7-12-18(17)28-22(19)23(24)26/h6-12,14,20H,3-5,13H2,1-2H3/t20-/m0/s1. The highest BCUT2D eigenvalue weighted by atomic mass is 16.5. The van der Waals surface area contributed by atoms with Gasteiger partial charge in [-0.15, -0.1) is 0 Å². The number of benzene rings is 2. The lowest BCUT2D eigenvalue weighted by Gasteiger charge is -2.25. The predicted molar refractivity (Wildman–Crippen MR) is 108 cm³/mol. The van der Waals surface area contributed by atoms with Crippen LogP contribution in [0, 0.1) is 0 Å². The van der Waals surface area contributed by atoms with Gasteiger partial charge in [0.25, 0.3) is 5.91 Å². The highest BCUT2D eigenvalue weighted by molar-refractivity contribution is 5.99. The van der Waals surface area contributed by atoms with E-state index in [-0.39, 0.29) is 17.1 Å². The molecule has 1 atom stereocenters. The molecule has 1 aromatic heterocycles. The summed E-state index contributed by atoms with van der Waals surface area (Å²) in [6, 6.07) is 14.2. The summed E-state index contributed by atoms with van der Waals surface area (Å²) in [5, 5.41) is 0.498. The molecule has 0 saturated heterocycles. The number of carbonyl (C=O) groups is 1. The Hall–Kier alpha value is -3.08. The number of hydrogen-bond donors (Lipinski definition) is 0. The topological polar surface area (TPSA) is 59.8 Å². The predicted octanol–water partition coefficient (Wildman–Crippen LogP) is 4.54. The van der Waals surface area contributed by atoms with E-state index in [2.05, 4.69) is 6.92 Å². The number of unbranched alkanes of at least 4 members (excludes halogenated alkanes) is 1. The summed E-state index contributed by atoms with van der Waals surface area (Å²) in [5.41, 5.74) is 1.58. The Kier molecular flexibility index (Phi) is 4.90. The number of amides is 1. The fourth-order valence-corrected chi connectivity index (χ4v) is 3.81. The number of fused-ring (bicyclic) bond motifs is 2. The first-order valence-corrected chi connectivity index (χ1v) is 9.75. The molecular weight excluding hydrogens is 354 g/mol. The van der Waals surface area contributed by atoms with Gasteiger partial charge in [-0.05, 0) is 43.2 Å². The largest absolute Gasteiger partial charge is 0.494 e. The van der Waals surface area contributed by atoms with Gasteiger partial charge in [-0.25, -0.2) is 0 Å². The fourth-order valence-electron chi connectivity index (χ4n) is 3.81. The van der Waals surface area contributed by atoms with E-state index in [9.17, 15) is 9.59 Å². The zero-order chi connectivity index (χ0) is 19.7. The van der Waals surface area contributed by atoms with Gasteiger partial charge in [-0.1, -0.05) is 37.6 Å². The van der Waals surface area contributed by atoms with Crippen LogP contribution < -0.4 is 10.2 Å². The lowest BCUT2D eigenvalue weighted by Crippen LogP contribution is -2.30. The normalized spacial score (nSPS) is 15.9. The molecule has 3 aromatic rings. The first-order valence-electron chi connectivity index (χ1n) is 9.75. The van der Waals surface area contributed by atoms with E-state index in [4.69, 9.17) is 9.15 Å². The van der Waals surface area contributed by atoms with Crippen LogP contribution in [0.5, 0.6) is 5.75 Å². The summed E-state index contributed by atoms with van der Waals surface area (Å²) in [4.78, 5) is 28.2. The van der Waals surface area contributed by atoms with E-state index < -0.39 is 6.04 Å². The molecule has 0 unspecified atom stereocenters. The highest BCUT2D eigenvalue weighted by Crippen LogP contribution is 2.39. The van der Waals surface area contributed by atoms with Crippen molar-refractivity contribution in [2.45, 2.75) is 32.7 Å². The zero-order valence-electron chi connectivity index (χ0n) is 16.1. The average molecular weight is 377 g/mol. The summed E-state index contributed by atoms with van der Waals surface area (Å²) < 4.78 is 11.5. The smallest absolute Gasteiger partial charge is 0.290 e. The summed E-state index contributed by atoms with van der Waals surface area (Å²) in [6.07, 6.45) is 1.81. The fraction of sp³-hybridized carbons (Fsp3) is 0.304. The Morgan fingerprint density at radius 1 is 1.07 bits per heavy atom. The SMILES string of the molecule is CCCCN1C(=O)c2oc3ccccc3c(=O)c2[C@@H]1c1cccc(OCC)c1. The quantitative estimate of drug-likeness (QED) is 0.633. The molecule has 1 aliphatic rings. The summed E-state index contributed by atoms with van der Waals surface area (Å²) in [6.45, 7) is 5.13. The molecule has 5 heteroatoms. The summed E-state index contributed by atoms with van der Waals surface area (Å²) in [7, 11) is 0. The number of carbonyl (C=O) groups excluding carboxylic acids is 1. The molecule has 28 heavy (non-hydrogen) atoms. The lowest BCUT2D eigenvalue weighted by atomic mass is 9.98. The molecule has 0 bridgehead atoms. The maximum Gasteiger partial charge on any atom is 0.290 e. The zero-order valence-corrected chi connectivity index (χ0v) is 16.1. The summed E-state index contributed by atoms with van der Waals surface area (Å²) in [5.74, 6) is 0.659. The van der Waals surface area contributed by atoms with Crippen LogP contribution in [-0.4, -0.2) is 24.0 Å². The van der Waals surface area contributed by atoms with Crippen molar-refractivity contribution in [1.82, 2.24) is 4.90 Å². The second-order valence-electron chi connectivity index (χ2n) is 6.93. The molecule has 0 aliphatic carbocycles. The van der Waals surface area contributed by atoms with Crippen molar-refractivity contribution in [3.63, 3.8) is 0 Å². The van der Waals surface area contributed by atoms with Crippen molar-refractivity contribution in [1.29, 1.82) is 0 Å². The monoisotopic (exact) mass is 377 g/mol. The van der Waals surface area contributed by atoms with Crippen LogP contribution in [0.15, 0.2) is 57.7 Å². The van der Waals surface area contributed by atoms with E-state index in [1.807, 2.05) is 37.3 Å². The minimum Gasteiger partial charge on any atom is -0.494 e. The Morgan fingerprint density at radius 2 is 1.89 bits per heavy atom. The van der Waals surface area contributed by atoms with Crippen molar-refractivity contribution in [3.05, 3.63) is 75.6 Å². The van der Waals surface area contributed by atoms with Gasteiger partial charge >= 0.3 is 0 Å². The third kappa shape index (κ3) is 2.97. The van der Waals surface area contributed by atoms with Crippen LogP contribution in [-0.2, 0) is 0 Å². The molecule has 0 radical (unpaired) electrons. The Morgan fingerprint density at radius 3 is 2.68 bits per heavy atom. The number of ether oxygens (including phenoxy) is 1. The van der Waals surface area contributed by atoms with Crippen LogP contribution in [0.25, 0.3) is 11.0 Å². The summed E-state index contributed by atoms with van der Waals surface area (Å²) >= 11 is 0. The molecule has 0 fully saturated rings. The van der Waals surface area contributed by atoms with E-state index >= 15 is 0 Å². The maximum absolute atomic E-state index is 13.3. The van der Waals surface area contributed by atoms with Crippen LogP contribution in [0.3, 0.4) is 0 Å². The van der Waals surface area contributed by atoms with Crippen LogP contribution in [0.4, 0.5) is 0 Å². The van der Waals surface area contributed by atoms with E-state index in [1.54, 1.807) is 23.1 Å². The molecular formula is C23H23NO4. The molecule has 1 amide bonds. The third-order valence-electron chi connectivity index (χ3n) is 5.11. The van der Waals surface area contributed by atoms with Gasteiger partial charge in [0.15, 0.2) is 5.43 Å². The van der Waals surface area contributed by atoms with Gasteiger partial charge in [-0.2, -0.15) is 0 Å². The third-order valence-corrected chi connectivity index (χ3v) is 5.11. The van der Waals surface area contributed by atoms with Gasteiger partial charge < -0.3 is 14.1 Å². The van der Waals surface area contributed by atoms with E-state index in [0.717, 1.165) is 24.2 Å². The minimum absolute atomic E-state index is 0.143. The van der Waals surface area contributed by atoms with E-state index in [1.165, 1.54) is 0 Å². The van der Waals surface area contributed by atoms with Gasteiger partial charge in [0, 0.05) is 6.54 Å². The van der Waals surface area contributed by atoms with Crippen LogP contribution in [0.2, 0.25) is 0 Å². The maximum atomic E-state index is 13.3. The van der Waals surface area contributed by atoms with Gasteiger partial charge in [-0.3, -0.25) is 9.59 Å². The molecule has 0 N–H and O–H groups in total. The van der Waals surface area contributed by atoms with Crippen molar-refractivity contribution < 1.29 is 13.9 Å².